The van der Waals surface area contributed by atoms with Crippen LogP contribution in [0.25, 0.3) is 11.0 Å². The molecule has 0 atom stereocenters. The van der Waals surface area contributed by atoms with Crippen molar-refractivity contribution in [2.75, 3.05) is 43.3 Å². The van der Waals surface area contributed by atoms with Crippen LogP contribution in [0.1, 0.15) is 25.8 Å². The molecule has 0 aliphatic rings. The van der Waals surface area contributed by atoms with Gasteiger partial charge in [0.25, 0.3) is 12.5 Å². The number of fused-ring (bicyclic) bond motifs is 1. The van der Waals surface area contributed by atoms with Gasteiger partial charge in [-0.2, -0.15) is 0 Å². The lowest BCUT2D eigenvalue weighted by Gasteiger charge is -2.14. The summed E-state index contributed by atoms with van der Waals surface area (Å²) >= 11 is 0. The molecule has 2 amide bonds. The van der Waals surface area contributed by atoms with Crippen LogP contribution in [-0.2, 0) is 20.8 Å². The molecule has 4 aromatic rings. The molecule has 0 radical (unpaired) electrons. The fourth-order valence-corrected chi connectivity index (χ4v) is 4.43. The predicted molar refractivity (Wildman–Crippen MR) is 168 cm³/mol. The van der Waals surface area contributed by atoms with E-state index >= 15 is 0 Å². The van der Waals surface area contributed by atoms with Crippen molar-refractivity contribution in [3.8, 4) is 11.5 Å². The molecule has 0 bridgehead atoms. The molecule has 3 N–H and O–H groups in total. The summed E-state index contributed by atoms with van der Waals surface area (Å²) in [4.78, 5) is 59.2. The number of anilines is 4. The Bertz CT molecular complexity index is 1670. The van der Waals surface area contributed by atoms with E-state index in [4.69, 9.17) is 9.47 Å². The van der Waals surface area contributed by atoms with Gasteiger partial charge in [0.2, 0.25) is 5.91 Å². The fourth-order valence-electron chi connectivity index (χ4n) is 4.43. The second-order valence-corrected chi connectivity index (χ2v) is 10.5. The highest BCUT2D eigenvalue weighted by Crippen LogP contribution is 2.30. The van der Waals surface area contributed by atoms with Gasteiger partial charge in [-0.05, 0) is 29.8 Å². The van der Waals surface area contributed by atoms with E-state index in [0.29, 0.717) is 44.2 Å². The summed E-state index contributed by atoms with van der Waals surface area (Å²) in [6.07, 6.45) is -0.436. The van der Waals surface area contributed by atoms with Crippen molar-refractivity contribution in [1.29, 1.82) is 0 Å². The zero-order valence-corrected chi connectivity index (χ0v) is 25.0. The smallest absolute Gasteiger partial charge is 0.294 e. The van der Waals surface area contributed by atoms with Crippen molar-refractivity contribution in [3.63, 3.8) is 0 Å². The average Bonchev–Trinajstić information content (AvgIpc) is 2.96. The first-order valence-electron chi connectivity index (χ1n) is 14.0. The van der Waals surface area contributed by atoms with Gasteiger partial charge in [-0.15, -0.1) is 0 Å². The maximum atomic E-state index is 13.0. The number of carbonyl (C=O) groups is 3. The van der Waals surface area contributed by atoms with Crippen LogP contribution in [0.2, 0.25) is 0 Å². The van der Waals surface area contributed by atoms with Crippen LogP contribution in [0.15, 0.2) is 66.7 Å². The van der Waals surface area contributed by atoms with E-state index in [1.807, 2.05) is 26.0 Å². The molecule has 1 aromatic heterocycles. The van der Waals surface area contributed by atoms with Crippen LogP contribution in [0.3, 0.4) is 0 Å². The second-order valence-electron chi connectivity index (χ2n) is 10.5. The van der Waals surface area contributed by atoms with Crippen LogP contribution < -0.4 is 25.4 Å². The molecule has 228 valence electrons. The molecule has 4 rings (SSSR count). The molecule has 12 nitrogen and oxygen atoms in total. The number of nitrogens with zero attached hydrogens (tertiary/aromatic N) is 3. The fraction of sp³-hybridized carbons (Fsp3) is 0.281. The summed E-state index contributed by atoms with van der Waals surface area (Å²) in [6.45, 7) is 3.76. The third-order valence-corrected chi connectivity index (χ3v) is 6.30. The number of ketones is 1. The Balaban J connectivity index is 1.43. The molecule has 0 spiro atoms. The van der Waals surface area contributed by atoms with E-state index in [2.05, 4.69) is 25.9 Å². The largest absolute Gasteiger partial charge is 0.497 e. The summed E-state index contributed by atoms with van der Waals surface area (Å²) in [7, 11) is 3.08. The lowest BCUT2D eigenvalue weighted by Crippen LogP contribution is -2.27. The van der Waals surface area contributed by atoms with E-state index in [0.717, 1.165) is 0 Å². The zero-order valence-electron chi connectivity index (χ0n) is 25.0. The quantitative estimate of drug-likeness (QED) is 0.136. The minimum absolute atomic E-state index is 0.0315. The summed E-state index contributed by atoms with van der Waals surface area (Å²) < 4.78 is 11.4. The lowest BCUT2D eigenvalue weighted by molar-refractivity contribution is -0.542. The normalized spacial score (nSPS) is 10.8. The van der Waals surface area contributed by atoms with Crippen LogP contribution >= 0.6 is 0 Å². The number of rotatable bonds is 14. The Kier molecular flexibility index (Phi) is 10.5. The highest BCUT2D eigenvalue weighted by Gasteiger charge is 2.19. The third kappa shape index (κ3) is 9.05. The van der Waals surface area contributed by atoms with Crippen molar-refractivity contribution >= 4 is 51.6 Å². The number of carbonyl (C=O) groups excluding carboxylic acids is 3. The highest BCUT2D eigenvalue weighted by molar-refractivity contribution is 6.06. The Labute approximate surface area is 254 Å². The van der Waals surface area contributed by atoms with E-state index < -0.39 is 18.2 Å². The molecule has 12 heteroatoms. The van der Waals surface area contributed by atoms with Crippen molar-refractivity contribution in [2.24, 2.45) is 5.92 Å². The lowest BCUT2D eigenvalue weighted by atomic mass is 10.1. The number of aromatic nitrogens is 2. The van der Waals surface area contributed by atoms with Crippen LogP contribution in [0, 0.1) is 10.8 Å². The molecule has 0 aliphatic carbocycles. The minimum atomic E-state index is -0.559. The van der Waals surface area contributed by atoms with Crippen LogP contribution in [0.4, 0.5) is 23.0 Å². The Morgan fingerprint density at radius 1 is 0.795 bits per heavy atom. The molecular weight excluding hydrogens is 564 g/mol. The van der Waals surface area contributed by atoms with E-state index in [9.17, 15) is 19.3 Å². The molecule has 3 aromatic carbocycles. The number of nitroso groups, excluding NO2 is 1. The summed E-state index contributed by atoms with van der Waals surface area (Å²) in [5, 5.41) is 8.56. The monoisotopic (exact) mass is 599 g/mol. The number of Topliss-reactive ketones (excluding diaryl/α,β-unsaturated/α-hetero) is 1. The highest BCUT2D eigenvalue weighted by atomic mass is 16.5. The maximum absolute atomic E-state index is 13.0. The standard InChI is InChI=1S/C32H34N6O6/c1-20(2)18-38(42)19-30(41)33-22-9-7-8-21(12-22)13-24(39)16-29(40)37-32-31(35-27-10-5-6-11-28(27)36-32)34-23-14-25(43-3)17-26(15-23)44-4/h5-12,14-15,17,20H,13,16,18-19H2,1-4H3,(H2-,33,34,35,36,37,40,41)/p+1. The number of ether oxygens (including phenoxy) is 2. The van der Waals surface area contributed by atoms with E-state index in [1.54, 1.807) is 68.8 Å². The molecule has 0 fully saturated rings. The van der Waals surface area contributed by atoms with Gasteiger partial charge in [0, 0.05) is 51.6 Å². The number of nitrogens with one attached hydrogen (secondary N) is 3. The van der Waals surface area contributed by atoms with E-state index in [1.165, 1.54) is 0 Å². The number of methoxy groups -OCH3 is 2. The van der Waals surface area contributed by atoms with Gasteiger partial charge in [-0.1, -0.05) is 38.1 Å². The van der Waals surface area contributed by atoms with Gasteiger partial charge in [0.1, 0.15) is 17.3 Å². The van der Waals surface area contributed by atoms with Crippen molar-refractivity contribution in [3.05, 3.63) is 77.2 Å². The first-order chi connectivity index (χ1) is 21.1. The number of benzene rings is 3. The van der Waals surface area contributed by atoms with Crippen molar-refractivity contribution < 1.29 is 28.6 Å². The molecule has 0 saturated heterocycles. The second kappa shape index (κ2) is 14.7. The summed E-state index contributed by atoms with van der Waals surface area (Å²) in [5.74, 6) is 0.325. The zero-order chi connectivity index (χ0) is 31.6. The number of para-hydroxylation sites is 2. The number of hydrogen-bond donors (Lipinski definition) is 3. The molecule has 0 aliphatic heterocycles. The average molecular weight is 600 g/mol. The predicted octanol–water partition coefficient (Wildman–Crippen LogP) is 4.90. The Morgan fingerprint density at radius 3 is 2.09 bits per heavy atom. The molecular formula is C32H35N6O6+. The van der Waals surface area contributed by atoms with Crippen LogP contribution in [-0.4, -0.2) is 59.6 Å². The summed E-state index contributed by atoms with van der Waals surface area (Å²) in [6, 6.07) is 19.2. The van der Waals surface area contributed by atoms with Crippen molar-refractivity contribution in [1.82, 2.24) is 9.97 Å². The molecule has 1 heterocycles. The SMILES string of the molecule is COc1cc(Nc2nc3ccccc3nc2NC(=O)CC(=O)Cc2cccc(NC(=O)C[N+](=O)CC(C)C)c2)cc(OC)c1. The first-order valence-corrected chi connectivity index (χ1v) is 14.0. The van der Waals surface area contributed by atoms with E-state index in [-0.39, 0.29) is 42.8 Å². The van der Waals surface area contributed by atoms with Gasteiger partial charge in [-0.3, -0.25) is 14.4 Å². The molecule has 0 unspecified atom stereocenters. The molecule has 44 heavy (non-hydrogen) atoms. The number of amides is 2. The number of hydrogen-bond acceptors (Lipinski definition) is 9. The minimum Gasteiger partial charge on any atom is -0.497 e. The van der Waals surface area contributed by atoms with Crippen LogP contribution in [0.5, 0.6) is 11.5 Å². The van der Waals surface area contributed by atoms with Crippen molar-refractivity contribution in [2.45, 2.75) is 26.7 Å². The first kappa shape index (κ1) is 31.5. The third-order valence-electron chi connectivity index (χ3n) is 6.30. The Hall–Kier alpha value is -5.39. The van der Waals surface area contributed by atoms with Gasteiger partial charge in [0.15, 0.2) is 18.2 Å². The molecule has 0 saturated carbocycles. The van der Waals surface area contributed by atoms with Gasteiger partial charge in [0.05, 0.1) is 31.7 Å². The Morgan fingerprint density at radius 2 is 1.45 bits per heavy atom. The van der Waals surface area contributed by atoms with Gasteiger partial charge >= 0.3 is 0 Å². The van der Waals surface area contributed by atoms with Gasteiger partial charge in [-0.25, -0.2) is 9.97 Å². The maximum Gasteiger partial charge on any atom is 0.294 e. The van der Waals surface area contributed by atoms with Gasteiger partial charge < -0.3 is 25.4 Å². The topological polar surface area (TPSA) is 152 Å². The summed E-state index contributed by atoms with van der Waals surface area (Å²) in [5.41, 5.74) is 2.83.